The molecular weight excluding hydrogens is 242 g/mol. The van der Waals surface area contributed by atoms with E-state index in [1.165, 1.54) is 0 Å². The lowest BCUT2D eigenvalue weighted by molar-refractivity contribution is 0.135. The number of halogens is 1. The van der Waals surface area contributed by atoms with E-state index in [1.807, 2.05) is 38.1 Å². The molecule has 1 N–H and O–H groups in total. The van der Waals surface area contributed by atoms with Crippen molar-refractivity contribution >= 4 is 22.1 Å². The maximum atomic E-state index is 9.45. The molecule has 1 unspecified atom stereocenters. The Morgan fingerprint density at radius 2 is 2.14 bits per heavy atom. The van der Waals surface area contributed by atoms with Crippen molar-refractivity contribution in [2.45, 2.75) is 20.1 Å². The smallest absolute Gasteiger partial charge is 0.147 e. The Labute approximate surface area is 92.8 Å². The Hall–Kier alpha value is -0.670. The Morgan fingerprint density at radius 3 is 2.71 bits per heavy atom. The molecule has 0 spiro atoms. The van der Waals surface area contributed by atoms with Crippen LogP contribution in [0.3, 0.4) is 0 Å². The summed E-state index contributed by atoms with van der Waals surface area (Å²) < 4.78 is 1.01. The molecule has 0 radical (unpaired) electrons. The van der Waals surface area contributed by atoms with E-state index in [9.17, 15) is 5.11 Å². The quantitative estimate of drug-likeness (QED) is 0.828. The summed E-state index contributed by atoms with van der Waals surface area (Å²) in [6.45, 7) is 3.87. The maximum absolute atomic E-state index is 9.45. The molecule has 1 rings (SSSR count). The van der Waals surface area contributed by atoms with E-state index >= 15 is 0 Å². The minimum absolute atomic E-state index is 0.151. The number of aliphatic hydroxyl groups is 1. The van der Waals surface area contributed by atoms with Gasteiger partial charge in [0.1, 0.15) is 6.23 Å². The summed E-state index contributed by atoms with van der Waals surface area (Å²) >= 11 is 3.37. The van der Waals surface area contributed by atoms with Crippen molar-refractivity contribution in [1.29, 1.82) is 0 Å². The Kier molecular flexibility index (Phi) is 4.29. The fourth-order valence-electron chi connectivity index (χ4n) is 0.921. The molecule has 0 saturated carbocycles. The number of nitrogens with zero attached hydrogens (tertiary/aromatic N) is 1. The molecule has 0 fully saturated rings. The van der Waals surface area contributed by atoms with E-state index < -0.39 is 6.23 Å². The van der Waals surface area contributed by atoms with Gasteiger partial charge in [-0.1, -0.05) is 41.9 Å². The highest BCUT2D eigenvalue weighted by atomic mass is 79.9. The highest BCUT2D eigenvalue weighted by molar-refractivity contribution is 9.10. The predicted molar refractivity (Wildman–Crippen MR) is 62.6 cm³/mol. The van der Waals surface area contributed by atoms with Gasteiger partial charge in [-0.05, 0) is 23.6 Å². The van der Waals surface area contributed by atoms with Gasteiger partial charge in [-0.2, -0.15) is 0 Å². The number of benzene rings is 1. The molecule has 0 bridgehead atoms. The van der Waals surface area contributed by atoms with Gasteiger partial charge in [0.05, 0.1) is 0 Å². The van der Waals surface area contributed by atoms with Crippen molar-refractivity contribution in [2.24, 2.45) is 10.9 Å². The molecule has 0 saturated heterocycles. The van der Waals surface area contributed by atoms with E-state index in [4.69, 9.17) is 0 Å². The summed E-state index contributed by atoms with van der Waals surface area (Å²) in [7, 11) is 0. The van der Waals surface area contributed by atoms with Gasteiger partial charge in [-0.15, -0.1) is 0 Å². The molecule has 2 nitrogen and oxygen atoms in total. The molecule has 0 aliphatic rings. The Bertz CT molecular complexity index is 323. The van der Waals surface area contributed by atoms with Crippen LogP contribution < -0.4 is 0 Å². The van der Waals surface area contributed by atoms with E-state index in [1.54, 1.807) is 6.21 Å². The first-order valence-electron chi connectivity index (χ1n) is 4.56. The number of aliphatic imine (C=N–C) groups is 1. The van der Waals surface area contributed by atoms with Gasteiger partial charge >= 0.3 is 0 Å². The number of rotatable bonds is 3. The summed E-state index contributed by atoms with van der Waals surface area (Å²) in [6, 6.07) is 7.79. The Balaban J connectivity index is 2.69. The maximum Gasteiger partial charge on any atom is 0.147 e. The van der Waals surface area contributed by atoms with E-state index in [2.05, 4.69) is 20.9 Å². The average molecular weight is 256 g/mol. The first kappa shape index (κ1) is 11.4. The van der Waals surface area contributed by atoms with Crippen LogP contribution in [0.1, 0.15) is 19.4 Å². The fraction of sp³-hybridized carbons (Fsp3) is 0.364. The van der Waals surface area contributed by atoms with Gasteiger partial charge in [0.15, 0.2) is 0 Å². The summed E-state index contributed by atoms with van der Waals surface area (Å²) in [5.74, 6) is 0.151. The molecule has 1 aromatic rings. The van der Waals surface area contributed by atoms with Gasteiger partial charge in [0, 0.05) is 10.7 Å². The number of hydrogen-bond donors (Lipinski definition) is 1. The van der Waals surface area contributed by atoms with Crippen molar-refractivity contribution in [2.75, 3.05) is 0 Å². The van der Waals surface area contributed by atoms with Crippen LogP contribution in [-0.4, -0.2) is 17.5 Å². The standard InChI is InChI=1S/C11H14BrNO/c1-8(2)11(14)13-7-9-4-3-5-10(12)6-9/h3-8,11,14H,1-2H3/b13-7+. The topological polar surface area (TPSA) is 32.6 Å². The minimum atomic E-state index is -0.617. The third-order valence-corrected chi connectivity index (χ3v) is 2.31. The van der Waals surface area contributed by atoms with Crippen molar-refractivity contribution in [1.82, 2.24) is 0 Å². The molecule has 0 aromatic heterocycles. The second kappa shape index (κ2) is 5.27. The van der Waals surface area contributed by atoms with Crippen LogP contribution in [0.5, 0.6) is 0 Å². The first-order valence-corrected chi connectivity index (χ1v) is 5.35. The summed E-state index contributed by atoms with van der Waals surface area (Å²) in [5.41, 5.74) is 0.985. The monoisotopic (exact) mass is 255 g/mol. The third-order valence-electron chi connectivity index (χ3n) is 1.82. The first-order chi connectivity index (χ1) is 6.59. The Morgan fingerprint density at radius 1 is 1.43 bits per heavy atom. The SMILES string of the molecule is CC(C)C(O)/N=C/c1cccc(Br)c1. The molecule has 0 amide bonds. The van der Waals surface area contributed by atoms with Gasteiger partial charge in [-0.3, -0.25) is 4.99 Å². The molecule has 1 atom stereocenters. The van der Waals surface area contributed by atoms with Crippen LogP contribution in [0.4, 0.5) is 0 Å². The molecule has 14 heavy (non-hydrogen) atoms. The van der Waals surface area contributed by atoms with Crippen LogP contribution in [0.2, 0.25) is 0 Å². The zero-order chi connectivity index (χ0) is 10.6. The van der Waals surface area contributed by atoms with Crippen LogP contribution in [0.25, 0.3) is 0 Å². The summed E-state index contributed by atoms with van der Waals surface area (Å²) in [6.07, 6.45) is 1.07. The van der Waals surface area contributed by atoms with E-state index in [-0.39, 0.29) is 5.92 Å². The second-order valence-corrected chi connectivity index (χ2v) is 4.41. The normalized spacial score (nSPS) is 13.8. The molecule has 1 aromatic carbocycles. The highest BCUT2D eigenvalue weighted by Gasteiger charge is 2.04. The average Bonchev–Trinajstić information content (AvgIpc) is 2.14. The lowest BCUT2D eigenvalue weighted by atomic mass is 10.2. The zero-order valence-corrected chi connectivity index (χ0v) is 9.90. The van der Waals surface area contributed by atoms with Crippen LogP contribution in [0, 0.1) is 5.92 Å². The van der Waals surface area contributed by atoms with Crippen LogP contribution in [-0.2, 0) is 0 Å². The largest absolute Gasteiger partial charge is 0.372 e. The highest BCUT2D eigenvalue weighted by Crippen LogP contribution is 2.10. The van der Waals surface area contributed by atoms with E-state index in [0.717, 1.165) is 10.0 Å². The molecule has 3 heteroatoms. The van der Waals surface area contributed by atoms with Crippen LogP contribution in [0.15, 0.2) is 33.7 Å². The third kappa shape index (κ3) is 3.60. The van der Waals surface area contributed by atoms with Crippen molar-refractivity contribution < 1.29 is 5.11 Å². The lowest BCUT2D eigenvalue weighted by Gasteiger charge is -2.07. The molecule has 76 valence electrons. The molecule has 0 aliphatic carbocycles. The number of aliphatic hydroxyl groups excluding tert-OH is 1. The lowest BCUT2D eigenvalue weighted by Crippen LogP contribution is -2.11. The summed E-state index contributed by atoms with van der Waals surface area (Å²) in [4.78, 5) is 4.04. The molecule has 0 aliphatic heterocycles. The summed E-state index contributed by atoms with van der Waals surface area (Å²) in [5, 5.41) is 9.45. The fourth-order valence-corrected chi connectivity index (χ4v) is 1.34. The predicted octanol–water partition coefficient (Wildman–Crippen LogP) is 2.84. The molecular formula is C11H14BrNO. The van der Waals surface area contributed by atoms with Crippen molar-refractivity contribution in [3.8, 4) is 0 Å². The zero-order valence-electron chi connectivity index (χ0n) is 8.31. The van der Waals surface area contributed by atoms with Crippen molar-refractivity contribution in [3.05, 3.63) is 34.3 Å². The number of hydrogen-bond acceptors (Lipinski definition) is 2. The second-order valence-electron chi connectivity index (χ2n) is 3.49. The minimum Gasteiger partial charge on any atom is -0.372 e. The van der Waals surface area contributed by atoms with Gasteiger partial charge in [-0.25, -0.2) is 0 Å². The van der Waals surface area contributed by atoms with Gasteiger partial charge in [0.25, 0.3) is 0 Å². The van der Waals surface area contributed by atoms with Gasteiger partial charge < -0.3 is 5.11 Å². The van der Waals surface area contributed by atoms with E-state index in [0.29, 0.717) is 0 Å². The molecule has 0 heterocycles. The van der Waals surface area contributed by atoms with Gasteiger partial charge in [0.2, 0.25) is 0 Å². The van der Waals surface area contributed by atoms with Crippen molar-refractivity contribution in [3.63, 3.8) is 0 Å². The van der Waals surface area contributed by atoms with Crippen LogP contribution >= 0.6 is 15.9 Å².